The molecule has 1 heterocycles. The molecule has 0 bridgehead atoms. The van der Waals surface area contributed by atoms with Crippen molar-refractivity contribution in [3.8, 4) is 5.75 Å². The molecule has 8 heteroatoms. The number of rotatable bonds is 7. The van der Waals surface area contributed by atoms with Crippen LogP contribution in [-0.4, -0.2) is 38.0 Å². The molecule has 0 radical (unpaired) electrons. The van der Waals surface area contributed by atoms with Gasteiger partial charge in [-0.25, -0.2) is 4.68 Å². The minimum absolute atomic E-state index is 0.0788. The van der Waals surface area contributed by atoms with E-state index in [1.807, 2.05) is 55.5 Å². The monoisotopic (exact) mass is 497 g/mol. The molecule has 1 saturated carbocycles. The molecule has 37 heavy (non-hydrogen) atoms. The molecule has 1 aliphatic rings. The van der Waals surface area contributed by atoms with Crippen LogP contribution in [0.5, 0.6) is 5.75 Å². The van der Waals surface area contributed by atoms with Gasteiger partial charge in [0.1, 0.15) is 23.9 Å². The SMILES string of the molecule is Cc1ccc(N(C(=O)Cn2nnc3ccccc32)C(C(=O)NC2CCCCC2)c2ccc(O)cc2)cc1. The average molecular weight is 498 g/mol. The van der Waals surface area contributed by atoms with Crippen molar-refractivity contribution in [1.82, 2.24) is 20.3 Å². The normalized spacial score (nSPS) is 14.8. The molecule has 8 nitrogen and oxygen atoms in total. The first-order chi connectivity index (χ1) is 18.0. The van der Waals surface area contributed by atoms with Gasteiger partial charge in [0.25, 0.3) is 0 Å². The molecule has 1 atom stereocenters. The molecule has 1 aliphatic carbocycles. The van der Waals surface area contributed by atoms with Crippen LogP contribution < -0.4 is 10.2 Å². The fraction of sp³-hybridized carbons (Fsp3) is 0.310. The Morgan fingerprint density at radius 1 is 1.00 bits per heavy atom. The first-order valence-electron chi connectivity index (χ1n) is 12.8. The van der Waals surface area contributed by atoms with Crippen LogP contribution >= 0.6 is 0 Å². The van der Waals surface area contributed by atoms with Crippen LogP contribution in [0.1, 0.15) is 49.3 Å². The Bertz CT molecular complexity index is 1370. The zero-order valence-corrected chi connectivity index (χ0v) is 20.9. The maximum Gasteiger partial charge on any atom is 0.249 e. The first-order valence-corrected chi connectivity index (χ1v) is 12.8. The number of aryl methyl sites for hydroxylation is 1. The van der Waals surface area contributed by atoms with Gasteiger partial charge < -0.3 is 10.4 Å². The summed E-state index contributed by atoms with van der Waals surface area (Å²) in [5.74, 6) is -0.441. The number of benzene rings is 3. The Balaban J connectivity index is 1.55. The smallest absolute Gasteiger partial charge is 0.249 e. The topological polar surface area (TPSA) is 100 Å². The van der Waals surface area contributed by atoms with E-state index in [1.165, 1.54) is 6.42 Å². The predicted octanol–water partition coefficient (Wildman–Crippen LogP) is 4.67. The van der Waals surface area contributed by atoms with E-state index in [9.17, 15) is 14.7 Å². The first kappa shape index (κ1) is 24.5. The van der Waals surface area contributed by atoms with Crippen molar-refractivity contribution >= 4 is 28.5 Å². The number of amides is 2. The van der Waals surface area contributed by atoms with Crippen LogP contribution in [0.25, 0.3) is 11.0 Å². The molecule has 1 fully saturated rings. The minimum Gasteiger partial charge on any atom is -0.508 e. The van der Waals surface area contributed by atoms with Gasteiger partial charge in [-0.3, -0.25) is 14.5 Å². The number of carbonyl (C=O) groups excluding carboxylic acids is 2. The molecule has 1 unspecified atom stereocenters. The second-order valence-corrected chi connectivity index (χ2v) is 9.67. The van der Waals surface area contributed by atoms with E-state index in [1.54, 1.807) is 33.8 Å². The van der Waals surface area contributed by atoms with E-state index in [0.717, 1.165) is 36.8 Å². The summed E-state index contributed by atoms with van der Waals surface area (Å²) >= 11 is 0. The summed E-state index contributed by atoms with van der Waals surface area (Å²) in [6.45, 7) is 1.89. The number of para-hydroxylation sites is 1. The molecule has 1 aromatic heterocycles. The Morgan fingerprint density at radius 3 is 2.43 bits per heavy atom. The third-order valence-corrected chi connectivity index (χ3v) is 6.95. The number of fused-ring (bicyclic) bond motifs is 1. The second-order valence-electron chi connectivity index (χ2n) is 9.67. The number of carbonyl (C=O) groups is 2. The van der Waals surface area contributed by atoms with Crippen LogP contribution in [0.3, 0.4) is 0 Å². The molecule has 2 N–H and O–H groups in total. The van der Waals surface area contributed by atoms with E-state index in [4.69, 9.17) is 0 Å². The van der Waals surface area contributed by atoms with Crippen LogP contribution in [0.2, 0.25) is 0 Å². The zero-order valence-electron chi connectivity index (χ0n) is 20.9. The lowest BCUT2D eigenvalue weighted by Gasteiger charge is -2.33. The van der Waals surface area contributed by atoms with Crippen molar-refractivity contribution in [2.24, 2.45) is 0 Å². The standard InChI is InChI=1S/C29H31N5O3/c1-20-11-15-23(16-12-20)34(27(36)19-33-26-10-6-5-9-25(26)31-32-33)28(21-13-17-24(35)18-14-21)29(37)30-22-7-3-2-4-8-22/h5-6,9-18,22,28,35H,2-4,7-8,19H2,1H3,(H,30,37). The second kappa shape index (κ2) is 10.8. The lowest BCUT2D eigenvalue weighted by molar-refractivity contribution is -0.127. The van der Waals surface area contributed by atoms with Crippen LogP contribution in [-0.2, 0) is 16.1 Å². The van der Waals surface area contributed by atoms with Gasteiger partial charge in [-0.1, -0.05) is 66.4 Å². The van der Waals surface area contributed by atoms with Crippen LogP contribution in [0.15, 0.2) is 72.8 Å². The summed E-state index contributed by atoms with van der Waals surface area (Å²) in [6, 6.07) is 20.6. The van der Waals surface area contributed by atoms with Crippen molar-refractivity contribution in [1.29, 1.82) is 0 Å². The van der Waals surface area contributed by atoms with Gasteiger partial charge in [-0.2, -0.15) is 0 Å². The molecule has 0 spiro atoms. The fourth-order valence-electron chi connectivity index (χ4n) is 4.98. The quantitative estimate of drug-likeness (QED) is 0.387. The van der Waals surface area contributed by atoms with Gasteiger partial charge in [0.15, 0.2) is 0 Å². The third kappa shape index (κ3) is 5.48. The lowest BCUT2D eigenvalue weighted by Crippen LogP contribution is -2.48. The number of aromatic nitrogens is 3. The van der Waals surface area contributed by atoms with E-state index in [2.05, 4.69) is 15.6 Å². The summed E-state index contributed by atoms with van der Waals surface area (Å²) in [4.78, 5) is 29.5. The average Bonchev–Trinajstić information content (AvgIpc) is 3.32. The highest BCUT2D eigenvalue weighted by atomic mass is 16.3. The summed E-state index contributed by atoms with van der Waals surface area (Å²) < 4.78 is 1.56. The largest absolute Gasteiger partial charge is 0.508 e. The van der Waals surface area contributed by atoms with E-state index in [0.29, 0.717) is 16.8 Å². The maximum absolute atomic E-state index is 14.0. The molecule has 190 valence electrons. The number of phenolic OH excluding ortho intramolecular Hbond substituents is 1. The van der Waals surface area contributed by atoms with Crippen molar-refractivity contribution in [3.05, 3.63) is 83.9 Å². The zero-order chi connectivity index (χ0) is 25.8. The molecule has 3 aromatic carbocycles. The van der Waals surface area contributed by atoms with E-state index >= 15 is 0 Å². The number of nitrogens with zero attached hydrogens (tertiary/aromatic N) is 4. The molecule has 4 aromatic rings. The van der Waals surface area contributed by atoms with Gasteiger partial charge in [-0.05, 0) is 61.7 Å². The van der Waals surface area contributed by atoms with E-state index < -0.39 is 6.04 Å². The molecular weight excluding hydrogens is 466 g/mol. The Morgan fingerprint density at radius 2 is 1.70 bits per heavy atom. The maximum atomic E-state index is 14.0. The highest BCUT2D eigenvalue weighted by Crippen LogP contribution is 2.31. The predicted molar refractivity (Wildman–Crippen MR) is 142 cm³/mol. The molecule has 2 amide bonds. The van der Waals surface area contributed by atoms with Crippen molar-refractivity contribution < 1.29 is 14.7 Å². The summed E-state index contributed by atoms with van der Waals surface area (Å²) in [5.41, 5.74) is 3.71. The summed E-state index contributed by atoms with van der Waals surface area (Å²) in [5, 5.41) is 21.5. The summed E-state index contributed by atoms with van der Waals surface area (Å²) in [6.07, 6.45) is 5.19. The highest BCUT2D eigenvalue weighted by Gasteiger charge is 2.34. The molecule has 5 rings (SSSR count). The number of aromatic hydroxyl groups is 1. The van der Waals surface area contributed by atoms with Crippen molar-refractivity contribution in [2.45, 2.75) is 57.7 Å². The number of hydrogen-bond donors (Lipinski definition) is 2. The van der Waals surface area contributed by atoms with Gasteiger partial charge in [0.05, 0.1) is 5.52 Å². The number of nitrogens with one attached hydrogen (secondary N) is 1. The van der Waals surface area contributed by atoms with Crippen molar-refractivity contribution in [2.75, 3.05) is 4.90 Å². The number of phenols is 1. The minimum atomic E-state index is -0.924. The van der Waals surface area contributed by atoms with Gasteiger partial charge in [0.2, 0.25) is 11.8 Å². The van der Waals surface area contributed by atoms with Gasteiger partial charge >= 0.3 is 0 Å². The molecular formula is C29H31N5O3. The fourth-order valence-corrected chi connectivity index (χ4v) is 4.98. The van der Waals surface area contributed by atoms with Crippen molar-refractivity contribution in [3.63, 3.8) is 0 Å². The van der Waals surface area contributed by atoms with Gasteiger partial charge in [-0.15, -0.1) is 5.10 Å². The third-order valence-electron chi connectivity index (χ3n) is 6.95. The van der Waals surface area contributed by atoms with Crippen LogP contribution in [0.4, 0.5) is 5.69 Å². The van der Waals surface area contributed by atoms with Crippen LogP contribution in [0, 0.1) is 6.92 Å². The van der Waals surface area contributed by atoms with E-state index in [-0.39, 0.29) is 30.2 Å². The highest BCUT2D eigenvalue weighted by molar-refractivity contribution is 6.01. The van der Waals surface area contributed by atoms with Gasteiger partial charge in [0, 0.05) is 11.7 Å². The Hall–Kier alpha value is -4.20. The lowest BCUT2D eigenvalue weighted by atomic mass is 9.94. The Kier molecular flexibility index (Phi) is 7.16. The Labute approximate surface area is 215 Å². The number of hydrogen-bond acceptors (Lipinski definition) is 5. The summed E-state index contributed by atoms with van der Waals surface area (Å²) in [7, 11) is 0. The molecule has 0 saturated heterocycles. The number of anilines is 1. The molecule has 0 aliphatic heterocycles.